The average molecular weight is 355 g/mol. The van der Waals surface area contributed by atoms with Gasteiger partial charge in [-0.15, -0.1) is 22.7 Å². The summed E-state index contributed by atoms with van der Waals surface area (Å²) in [7, 11) is 0. The summed E-state index contributed by atoms with van der Waals surface area (Å²) < 4.78 is 0. The van der Waals surface area contributed by atoms with Crippen LogP contribution in [0, 0.1) is 5.92 Å². The molecule has 126 valence electrons. The van der Waals surface area contributed by atoms with Crippen molar-refractivity contribution in [1.82, 2.24) is 20.8 Å². The maximum absolute atomic E-state index is 12.4. The van der Waals surface area contributed by atoms with Crippen molar-refractivity contribution in [2.45, 2.75) is 33.1 Å². The van der Waals surface area contributed by atoms with E-state index in [0.717, 1.165) is 34.2 Å². The monoisotopic (exact) mass is 354 g/mol. The Morgan fingerprint density at radius 3 is 2.74 bits per heavy atom. The lowest BCUT2D eigenvalue weighted by Crippen LogP contribution is -2.26. The van der Waals surface area contributed by atoms with E-state index >= 15 is 0 Å². The molecule has 0 saturated carbocycles. The normalized spacial score (nSPS) is 11.1. The van der Waals surface area contributed by atoms with Gasteiger partial charge in [0.1, 0.15) is 5.69 Å². The first-order chi connectivity index (χ1) is 11.1. The first-order valence-corrected chi connectivity index (χ1v) is 9.36. The lowest BCUT2D eigenvalue weighted by atomic mass is 10.1. The number of aromatic nitrogens is 2. The highest BCUT2D eigenvalue weighted by Gasteiger charge is 2.20. The summed E-state index contributed by atoms with van der Waals surface area (Å²) in [4.78, 5) is 22.2. The number of rotatable bonds is 9. The number of nitrogens with one attached hydrogen (secondary N) is 2. The van der Waals surface area contributed by atoms with Gasteiger partial charge in [0.2, 0.25) is 0 Å². The molecule has 2 aromatic rings. The van der Waals surface area contributed by atoms with Gasteiger partial charge in [-0.3, -0.25) is 4.79 Å². The molecule has 23 heavy (non-hydrogen) atoms. The van der Waals surface area contributed by atoms with Gasteiger partial charge in [0, 0.05) is 29.5 Å². The standard InChI is InChI=1S/C15H22N4O2S2/c1-10(2)9-11-12(13(20)16-5-3-4-6-18-21)19-15(23-11)14-17-7-8-22-14/h7-8,10,18,21H,3-6,9H2,1-2H3,(H,16,20). The third kappa shape index (κ3) is 5.35. The van der Waals surface area contributed by atoms with Crippen molar-refractivity contribution in [2.75, 3.05) is 13.1 Å². The molecule has 6 nitrogen and oxygen atoms in total. The molecular formula is C15H22N4O2S2. The van der Waals surface area contributed by atoms with Gasteiger partial charge < -0.3 is 10.5 Å². The number of amides is 1. The molecule has 0 aromatic carbocycles. The van der Waals surface area contributed by atoms with E-state index in [4.69, 9.17) is 5.21 Å². The van der Waals surface area contributed by atoms with E-state index in [1.165, 1.54) is 11.3 Å². The quantitative estimate of drug-likeness (QED) is 0.476. The highest BCUT2D eigenvalue weighted by atomic mass is 32.1. The maximum Gasteiger partial charge on any atom is 0.271 e. The Balaban J connectivity index is 2.07. The molecule has 0 spiro atoms. The van der Waals surface area contributed by atoms with Crippen molar-refractivity contribution in [2.24, 2.45) is 5.92 Å². The minimum absolute atomic E-state index is 0.128. The van der Waals surface area contributed by atoms with Gasteiger partial charge in [-0.25, -0.2) is 15.4 Å². The van der Waals surface area contributed by atoms with E-state index in [1.54, 1.807) is 17.5 Å². The van der Waals surface area contributed by atoms with Gasteiger partial charge in [0.05, 0.1) is 0 Å². The third-order valence-electron chi connectivity index (χ3n) is 3.12. The predicted octanol–water partition coefficient (Wildman–Crippen LogP) is 2.95. The largest absolute Gasteiger partial charge is 0.351 e. The van der Waals surface area contributed by atoms with Gasteiger partial charge in [0.15, 0.2) is 10.0 Å². The van der Waals surface area contributed by atoms with Gasteiger partial charge >= 0.3 is 0 Å². The van der Waals surface area contributed by atoms with Crippen LogP contribution in [0.25, 0.3) is 10.0 Å². The van der Waals surface area contributed by atoms with E-state index in [-0.39, 0.29) is 5.91 Å². The number of carbonyl (C=O) groups excluding carboxylic acids is 1. The highest BCUT2D eigenvalue weighted by molar-refractivity contribution is 7.20. The van der Waals surface area contributed by atoms with E-state index in [0.29, 0.717) is 24.7 Å². The molecule has 3 N–H and O–H groups in total. The molecule has 0 aliphatic rings. The van der Waals surface area contributed by atoms with Gasteiger partial charge in [-0.2, -0.15) is 0 Å². The SMILES string of the molecule is CC(C)Cc1sc(-c2nccs2)nc1C(=O)NCCCCNO. The zero-order valence-electron chi connectivity index (χ0n) is 13.3. The first-order valence-electron chi connectivity index (χ1n) is 7.66. The zero-order valence-corrected chi connectivity index (χ0v) is 15.0. The zero-order chi connectivity index (χ0) is 16.7. The maximum atomic E-state index is 12.4. The van der Waals surface area contributed by atoms with Crippen molar-refractivity contribution in [3.05, 3.63) is 22.1 Å². The van der Waals surface area contributed by atoms with Crippen LogP contribution in [0.15, 0.2) is 11.6 Å². The summed E-state index contributed by atoms with van der Waals surface area (Å²) in [6.45, 7) is 5.36. The molecule has 2 aromatic heterocycles. The fourth-order valence-electron chi connectivity index (χ4n) is 2.07. The Labute approximate surface area is 144 Å². The molecule has 0 bridgehead atoms. The smallest absolute Gasteiger partial charge is 0.271 e. The summed E-state index contributed by atoms with van der Waals surface area (Å²) in [5, 5.41) is 15.0. The van der Waals surface area contributed by atoms with Gasteiger partial charge in [-0.05, 0) is 25.2 Å². The van der Waals surface area contributed by atoms with Crippen LogP contribution in [0.1, 0.15) is 42.1 Å². The number of unbranched alkanes of at least 4 members (excludes halogenated alkanes) is 1. The van der Waals surface area contributed by atoms with Crippen molar-refractivity contribution in [3.8, 4) is 10.0 Å². The molecule has 0 unspecified atom stereocenters. The highest BCUT2D eigenvalue weighted by Crippen LogP contribution is 2.31. The van der Waals surface area contributed by atoms with E-state index in [9.17, 15) is 4.79 Å². The predicted molar refractivity (Wildman–Crippen MR) is 93.1 cm³/mol. The summed E-state index contributed by atoms with van der Waals surface area (Å²) in [6, 6.07) is 0. The van der Waals surface area contributed by atoms with Crippen LogP contribution in [0.5, 0.6) is 0 Å². The Morgan fingerprint density at radius 2 is 2.09 bits per heavy atom. The lowest BCUT2D eigenvalue weighted by Gasteiger charge is -2.06. The van der Waals surface area contributed by atoms with E-state index in [2.05, 4.69) is 34.6 Å². The molecule has 0 aliphatic carbocycles. The minimum atomic E-state index is -0.128. The Kier molecular flexibility index (Phi) is 7.10. The van der Waals surface area contributed by atoms with Crippen LogP contribution >= 0.6 is 22.7 Å². The molecule has 8 heteroatoms. The Morgan fingerprint density at radius 1 is 1.30 bits per heavy atom. The molecule has 0 saturated heterocycles. The number of hydrogen-bond donors (Lipinski definition) is 3. The second kappa shape index (κ2) is 9.07. The number of thiazole rings is 2. The first kappa shape index (κ1) is 18.0. The molecule has 0 radical (unpaired) electrons. The van der Waals surface area contributed by atoms with Crippen molar-refractivity contribution in [3.63, 3.8) is 0 Å². The summed E-state index contributed by atoms with van der Waals surface area (Å²) in [5.74, 6) is 0.332. The number of carbonyl (C=O) groups is 1. The molecule has 0 fully saturated rings. The lowest BCUT2D eigenvalue weighted by molar-refractivity contribution is 0.0947. The van der Waals surface area contributed by atoms with Crippen LogP contribution in [0.3, 0.4) is 0 Å². The number of hydroxylamine groups is 1. The second-order valence-corrected chi connectivity index (χ2v) is 7.58. The van der Waals surface area contributed by atoms with Crippen LogP contribution < -0.4 is 10.8 Å². The van der Waals surface area contributed by atoms with Crippen LogP contribution in [0.4, 0.5) is 0 Å². The number of hydrogen-bond acceptors (Lipinski definition) is 7. The molecule has 2 rings (SSSR count). The molecular weight excluding hydrogens is 332 g/mol. The van der Waals surface area contributed by atoms with Crippen LogP contribution in [0.2, 0.25) is 0 Å². The van der Waals surface area contributed by atoms with Crippen molar-refractivity contribution in [1.29, 1.82) is 0 Å². The van der Waals surface area contributed by atoms with Gasteiger partial charge in [0.25, 0.3) is 5.91 Å². The fourth-order valence-corrected chi connectivity index (χ4v) is 4.02. The molecule has 2 heterocycles. The van der Waals surface area contributed by atoms with E-state index < -0.39 is 0 Å². The topological polar surface area (TPSA) is 87.1 Å². The van der Waals surface area contributed by atoms with Crippen LogP contribution in [-0.4, -0.2) is 34.2 Å². The summed E-state index contributed by atoms with van der Waals surface area (Å²) in [5.41, 5.74) is 2.63. The molecule has 0 aliphatic heterocycles. The fraction of sp³-hybridized carbons (Fsp3) is 0.533. The molecule has 1 amide bonds. The van der Waals surface area contributed by atoms with Crippen molar-refractivity contribution < 1.29 is 10.0 Å². The van der Waals surface area contributed by atoms with Crippen LogP contribution in [-0.2, 0) is 6.42 Å². The average Bonchev–Trinajstić information content (AvgIpc) is 3.15. The Hall–Kier alpha value is -1.35. The molecule has 0 atom stereocenters. The van der Waals surface area contributed by atoms with Crippen molar-refractivity contribution >= 4 is 28.6 Å². The minimum Gasteiger partial charge on any atom is -0.351 e. The van der Waals surface area contributed by atoms with Gasteiger partial charge in [-0.1, -0.05) is 13.8 Å². The van der Waals surface area contributed by atoms with E-state index in [1.807, 2.05) is 5.38 Å². The third-order valence-corrected chi connectivity index (χ3v) is 5.12. The Bertz CT molecular complexity index is 611. The second-order valence-electron chi connectivity index (χ2n) is 5.60. The number of nitrogens with zero attached hydrogens (tertiary/aromatic N) is 2. The summed E-state index contributed by atoms with van der Waals surface area (Å²) in [6.07, 6.45) is 4.19. The summed E-state index contributed by atoms with van der Waals surface area (Å²) >= 11 is 3.08.